The Morgan fingerprint density at radius 3 is 0.690 bits per heavy atom. The standard InChI is InChI=1S/2C7HF5O2.Hg/c2*8-2-1(7(13)14)3(9)5(11)6(12)4(2)10;/h2*(H,13,14);/q;;+2/p-2. The van der Waals surface area contributed by atoms with Gasteiger partial charge in [-0.3, -0.25) is 0 Å². The first-order valence-electron chi connectivity index (χ1n) is 6.21. The fourth-order valence-corrected chi connectivity index (χ4v) is 1.57. The number of aromatic carboxylic acids is 2. The van der Waals surface area contributed by atoms with Crippen LogP contribution in [0.15, 0.2) is 0 Å². The Morgan fingerprint density at radius 2 is 0.552 bits per heavy atom. The average molecular weight is 623 g/mol. The molecule has 2 aromatic carbocycles. The summed E-state index contributed by atoms with van der Waals surface area (Å²) < 4.78 is 124. The molecule has 2 rings (SSSR count). The van der Waals surface area contributed by atoms with E-state index in [4.69, 9.17) is 0 Å². The zero-order valence-corrected chi connectivity index (χ0v) is 18.6. The maximum absolute atomic E-state index is 12.5. The monoisotopic (exact) mass is 624 g/mol. The Kier molecular flexibility index (Phi) is 9.08. The third-order valence-corrected chi connectivity index (χ3v) is 2.83. The molecule has 0 unspecified atom stereocenters. The van der Waals surface area contributed by atoms with Crippen LogP contribution in [-0.4, -0.2) is 11.9 Å². The van der Waals surface area contributed by atoms with Crippen LogP contribution in [0.5, 0.6) is 0 Å². The molecule has 0 spiro atoms. The van der Waals surface area contributed by atoms with E-state index in [2.05, 4.69) is 0 Å². The number of carbonyl (C=O) groups excluding carboxylic acids is 2. The molecule has 0 amide bonds. The third kappa shape index (κ3) is 4.97. The van der Waals surface area contributed by atoms with E-state index in [1.807, 2.05) is 0 Å². The van der Waals surface area contributed by atoms with Gasteiger partial charge in [0.2, 0.25) is 11.6 Å². The van der Waals surface area contributed by atoms with Crippen molar-refractivity contribution in [3.05, 3.63) is 69.3 Å². The smallest absolute Gasteiger partial charge is 0.545 e. The Bertz CT molecular complexity index is 858. The summed E-state index contributed by atoms with van der Waals surface area (Å²) in [6, 6.07) is 0. The predicted octanol–water partition coefficient (Wildman–Crippen LogP) is 1.49. The summed E-state index contributed by atoms with van der Waals surface area (Å²) in [6.45, 7) is 0. The van der Waals surface area contributed by atoms with E-state index in [-0.39, 0.29) is 27.7 Å². The zero-order valence-electron chi connectivity index (χ0n) is 13.1. The Morgan fingerprint density at radius 1 is 0.414 bits per heavy atom. The molecule has 0 fully saturated rings. The first kappa shape index (κ1) is 26.6. The molecule has 0 aliphatic heterocycles. The fraction of sp³-hybridized carbons (Fsp3) is 0. The molecule has 0 aliphatic rings. The Hall–Kier alpha value is -2.38. The van der Waals surface area contributed by atoms with E-state index in [9.17, 15) is 63.7 Å². The summed E-state index contributed by atoms with van der Waals surface area (Å²) in [4.78, 5) is 20.0. The van der Waals surface area contributed by atoms with Gasteiger partial charge in [-0.1, -0.05) is 0 Å². The fourth-order valence-electron chi connectivity index (χ4n) is 1.57. The minimum atomic E-state index is -2.47. The molecule has 0 bridgehead atoms. The SMILES string of the molecule is O=C([O-])c1c(F)c(F)c(F)c(F)c1F.O=C([O-])c1c(F)c(F)c(F)c(F)c1F.[Hg+2]. The second-order valence-corrected chi connectivity index (χ2v) is 4.46. The molecular formula is C14F10HgO4. The number of hydrogen-bond donors (Lipinski definition) is 0. The molecule has 152 valence electrons. The Balaban J connectivity index is 0.000000523. The van der Waals surface area contributed by atoms with Crippen molar-refractivity contribution in [2.45, 2.75) is 0 Å². The van der Waals surface area contributed by atoms with Crippen LogP contribution < -0.4 is 10.2 Å². The number of halogens is 10. The number of carbonyl (C=O) groups is 2. The summed E-state index contributed by atoms with van der Waals surface area (Å²) in [5.41, 5.74) is -3.94. The van der Waals surface area contributed by atoms with Gasteiger partial charge in [0.15, 0.2) is 46.5 Å². The van der Waals surface area contributed by atoms with Gasteiger partial charge in [-0.25, -0.2) is 43.9 Å². The van der Waals surface area contributed by atoms with E-state index in [0.29, 0.717) is 0 Å². The number of carboxylic acids is 2. The zero-order chi connectivity index (χ0) is 22.1. The van der Waals surface area contributed by atoms with Crippen molar-refractivity contribution in [2.75, 3.05) is 0 Å². The van der Waals surface area contributed by atoms with Gasteiger partial charge in [-0.05, 0) is 0 Å². The molecule has 0 saturated carbocycles. The molecule has 0 aliphatic carbocycles. The topological polar surface area (TPSA) is 80.3 Å². The molecule has 4 nitrogen and oxygen atoms in total. The van der Waals surface area contributed by atoms with Crippen LogP contribution in [0.1, 0.15) is 20.7 Å². The molecule has 15 heteroatoms. The van der Waals surface area contributed by atoms with E-state index < -0.39 is 81.2 Å². The molecule has 0 heterocycles. The van der Waals surface area contributed by atoms with Crippen LogP contribution in [0, 0.1) is 58.2 Å². The van der Waals surface area contributed by atoms with Gasteiger partial charge in [-0.15, -0.1) is 0 Å². The Labute approximate surface area is 172 Å². The van der Waals surface area contributed by atoms with Gasteiger partial charge < -0.3 is 19.8 Å². The molecule has 2 aromatic rings. The molecule has 29 heavy (non-hydrogen) atoms. The second-order valence-electron chi connectivity index (χ2n) is 4.46. The van der Waals surface area contributed by atoms with Gasteiger partial charge in [0.05, 0.1) is 23.1 Å². The van der Waals surface area contributed by atoms with Crippen molar-refractivity contribution in [1.29, 1.82) is 0 Å². The van der Waals surface area contributed by atoms with E-state index in [1.165, 1.54) is 0 Å². The third-order valence-electron chi connectivity index (χ3n) is 2.83. The minimum absolute atomic E-state index is 0. The first-order chi connectivity index (χ1) is 12.7. The largest absolute Gasteiger partial charge is 2.00 e. The average Bonchev–Trinajstić information content (AvgIpc) is 2.61. The summed E-state index contributed by atoms with van der Waals surface area (Å²) in [6.07, 6.45) is 0. The number of carboxylic acid groups (broad SMARTS) is 2. The van der Waals surface area contributed by atoms with Crippen molar-refractivity contribution in [3.8, 4) is 0 Å². The summed E-state index contributed by atoms with van der Waals surface area (Å²) in [7, 11) is 0. The van der Waals surface area contributed by atoms with Crippen LogP contribution in [0.2, 0.25) is 0 Å². The van der Waals surface area contributed by atoms with Crippen LogP contribution >= 0.6 is 0 Å². The van der Waals surface area contributed by atoms with E-state index in [0.717, 1.165) is 0 Å². The van der Waals surface area contributed by atoms with Crippen molar-refractivity contribution in [1.82, 2.24) is 0 Å². The summed E-state index contributed by atoms with van der Waals surface area (Å²) >= 11 is 0. The van der Waals surface area contributed by atoms with E-state index >= 15 is 0 Å². The van der Waals surface area contributed by atoms with Crippen molar-refractivity contribution in [3.63, 3.8) is 0 Å². The van der Waals surface area contributed by atoms with Crippen molar-refractivity contribution in [2.24, 2.45) is 0 Å². The number of benzene rings is 2. The van der Waals surface area contributed by atoms with Gasteiger partial charge >= 0.3 is 27.7 Å². The maximum atomic E-state index is 12.5. The van der Waals surface area contributed by atoms with Crippen molar-refractivity contribution < 1.29 is 91.4 Å². The van der Waals surface area contributed by atoms with Gasteiger partial charge in [0, 0.05) is 0 Å². The van der Waals surface area contributed by atoms with Gasteiger partial charge in [0.1, 0.15) is 0 Å². The summed E-state index contributed by atoms with van der Waals surface area (Å²) in [5.74, 6) is -28.7. The second kappa shape index (κ2) is 9.89. The number of rotatable bonds is 2. The first-order valence-corrected chi connectivity index (χ1v) is 6.21. The van der Waals surface area contributed by atoms with Gasteiger partial charge in [0.25, 0.3) is 0 Å². The van der Waals surface area contributed by atoms with Crippen LogP contribution in [0.25, 0.3) is 0 Å². The molecule has 0 aromatic heterocycles. The molecule has 0 N–H and O–H groups in total. The van der Waals surface area contributed by atoms with Crippen molar-refractivity contribution >= 4 is 11.9 Å². The van der Waals surface area contributed by atoms with Crippen LogP contribution in [0.4, 0.5) is 43.9 Å². The van der Waals surface area contributed by atoms with E-state index in [1.54, 1.807) is 0 Å². The van der Waals surface area contributed by atoms with Gasteiger partial charge in [-0.2, -0.15) is 0 Å². The molecule has 0 atom stereocenters. The quantitative estimate of drug-likeness (QED) is 0.220. The molecule has 0 radical (unpaired) electrons. The normalized spacial score (nSPS) is 10.0. The van der Waals surface area contributed by atoms with Crippen LogP contribution in [-0.2, 0) is 27.7 Å². The minimum Gasteiger partial charge on any atom is -0.545 e. The van der Waals surface area contributed by atoms with Crippen LogP contribution in [0.3, 0.4) is 0 Å². The number of hydrogen-bond acceptors (Lipinski definition) is 4. The molecule has 0 saturated heterocycles. The molecular weight excluding hydrogens is 623 g/mol. The maximum Gasteiger partial charge on any atom is 2.00 e. The predicted molar refractivity (Wildman–Crippen MR) is 61.1 cm³/mol. The summed E-state index contributed by atoms with van der Waals surface area (Å²) in [5, 5.41) is 20.0.